The van der Waals surface area contributed by atoms with Crippen molar-refractivity contribution in [3.8, 4) is 5.75 Å². The lowest BCUT2D eigenvalue weighted by Gasteiger charge is -2.10. The Hall–Kier alpha value is -1.77. The van der Waals surface area contributed by atoms with Crippen LogP contribution in [0.5, 0.6) is 5.75 Å². The van der Waals surface area contributed by atoms with Crippen molar-refractivity contribution in [1.82, 2.24) is 0 Å². The van der Waals surface area contributed by atoms with Crippen LogP contribution in [0.4, 0.5) is 13.2 Å². The Balaban J connectivity index is 0.00000312. The maximum Gasteiger partial charge on any atom is 0.573 e. The Morgan fingerprint density at radius 3 is 1.92 bits per heavy atom. The largest absolute Gasteiger partial charge is 0.573 e. The van der Waals surface area contributed by atoms with Crippen LogP contribution < -0.4 is 10.5 Å². The molecule has 0 atom stereocenters. The van der Waals surface area contributed by atoms with Gasteiger partial charge in [0.1, 0.15) is 5.75 Å². The SMILES string of the molecule is Cl.NCCc1ccc(CS(=O)(=O)c2ccc(OC(F)(F)F)cc2)cc1. The van der Waals surface area contributed by atoms with Crippen LogP contribution in [0.25, 0.3) is 0 Å². The zero-order valence-corrected chi connectivity index (χ0v) is 14.6. The molecule has 25 heavy (non-hydrogen) atoms. The topological polar surface area (TPSA) is 69.4 Å². The highest BCUT2D eigenvalue weighted by Crippen LogP contribution is 2.25. The van der Waals surface area contributed by atoms with Crippen molar-refractivity contribution in [2.45, 2.75) is 23.4 Å². The molecule has 2 aromatic carbocycles. The minimum atomic E-state index is -4.81. The summed E-state index contributed by atoms with van der Waals surface area (Å²) in [4.78, 5) is -0.0666. The number of sulfone groups is 1. The van der Waals surface area contributed by atoms with Gasteiger partial charge in [0, 0.05) is 0 Å². The van der Waals surface area contributed by atoms with E-state index in [2.05, 4.69) is 4.74 Å². The van der Waals surface area contributed by atoms with Crippen molar-refractivity contribution >= 4 is 22.2 Å². The molecule has 0 heterocycles. The molecular weight excluding hydrogens is 379 g/mol. The van der Waals surface area contributed by atoms with Crippen LogP contribution in [0.2, 0.25) is 0 Å². The molecule has 2 rings (SSSR count). The van der Waals surface area contributed by atoms with Gasteiger partial charge in [-0.3, -0.25) is 0 Å². The third kappa shape index (κ3) is 6.56. The van der Waals surface area contributed by atoms with Crippen LogP contribution in [0.1, 0.15) is 11.1 Å². The van der Waals surface area contributed by atoms with Crippen molar-refractivity contribution in [2.75, 3.05) is 6.54 Å². The Labute approximate surface area is 150 Å². The van der Waals surface area contributed by atoms with Gasteiger partial charge < -0.3 is 10.5 Å². The van der Waals surface area contributed by atoms with E-state index >= 15 is 0 Å². The van der Waals surface area contributed by atoms with Gasteiger partial charge in [0.15, 0.2) is 9.84 Å². The number of ether oxygens (including phenoxy) is 1. The van der Waals surface area contributed by atoms with Gasteiger partial charge in [-0.25, -0.2) is 8.42 Å². The van der Waals surface area contributed by atoms with Crippen LogP contribution >= 0.6 is 12.4 Å². The van der Waals surface area contributed by atoms with Gasteiger partial charge in [0.05, 0.1) is 10.6 Å². The van der Waals surface area contributed by atoms with Gasteiger partial charge in [-0.05, 0) is 48.4 Å². The van der Waals surface area contributed by atoms with E-state index in [1.807, 2.05) is 0 Å². The summed E-state index contributed by atoms with van der Waals surface area (Å²) in [6, 6.07) is 11.1. The van der Waals surface area contributed by atoms with E-state index in [4.69, 9.17) is 5.73 Å². The van der Waals surface area contributed by atoms with Crippen LogP contribution in [0, 0.1) is 0 Å². The summed E-state index contributed by atoms with van der Waals surface area (Å²) in [6.07, 6.45) is -4.11. The molecule has 0 aliphatic carbocycles. The van der Waals surface area contributed by atoms with E-state index in [0.717, 1.165) is 29.8 Å². The Kier molecular flexibility index (Phi) is 7.28. The van der Waals surface area contributed by atoms with Gasteiger partial charge in [-0.1, -0.05) is 24.3 Å². The number of hydrogen-bond acceptors (Lipinski definition) is 4. The van der Waals surface area contributed by atoms with Crippen LogP contribution in [0.15, 0.2) is 53.4 Å². The van der Waals surface area contributed by atoms with Crippen molar-refractivity contribution < 1.29 is 26.3 Å². The van der Waals surface area contributed by atoms with Gasteiger partial charge in [0.25, 0.3) is 0 Å². The van der Waals surface area contributed by atoms with Crippen LogP contribution in [-0.2, 0) is 22.0 Å². The molecule has 0 spiro atoms. The number of halogens is 4. The predicted octanol–water partition coefficient (Wildman–Crippen LogP) is 3.48. The molecule has 0 fully saturated rings. The minimum absolute atomic E-state index is 0. The highest BCUT2D eigenvalue weighted by molar-refractivity contribution is 7.90. The Morgan fingerprint density at radius 1 is 0.920 bits per heavy atom. The second-order valence-corrected chi connectivity index (χ2v) is 7.12. The first kappa shape index (κ1) is 21.3. The number of rotatable bonds is 6. The summed E-state index contributed by atoms with van der Waals surface area (Å²) < 4.78 is 64.7. The molecule has 0 amide bonds. The number of hydrogen-bond donors (Lipinski definition) is 1. The van der Waals surface area contributed by atoms with Crippen LogP contribution in [-0.4, -0.2) is 21.3 Å². The average molecular weight is 396 g/mol. The molecule has 138 valence electrons. The zero-order chi connectivity index (χ0) is 17.8. The van der Waals surface area contributed by atoms with Crippen molar-refractivity contribution in [2.24, 2.45) is 5.73 Å². The van der Waals surface area contributed by atoms with E-state index in [1.54, 1.807) is 24.3 Å². The number of benzene rings is 2. The van der Waals surface area contributed by atoms with Gasteiger partial charge in [-0.2, -0.15) is 0 Å². The lowest BCUT2D eigenvalue weighted by atomic mass is 10.1. The molecule has 2 N–H and O–H groups in total. The fraction of sp³-hybridized carbons (Fsp3) is 0.250. The monoisotopic (exact) mass is 395 g/mol. The first-order valence-electron chi connectivity index (χ1n) is 7.06. The highest BCUT2D eigenvalue weighted by atomic mass is 35.5. The third-order valence-corrected chi connectivity index (χ3v) is 4.93. The van der Waals surface area contributed by atoms with E-state index in [0.29, 0.717) is 18.5 Å². The van der Waals surface area contributed by atoms with Crippen molar-refractivity contribution in [3.63, 3.8) is 0 Å². The maximum atomic E-state index is 12.3. The first-order chi connectivity index (χ1) is 11.2. The quantitative estimate of drug-likeness (QED) is 0.813. The summed E-state index contributed by atoms with van der Waals surface area (Å²) in [5, 5.41) is 0. The summed E-state index contributed by atoms with van der Waals surface area (Å²) in [5.41, 5.74) is 7.05. The van der Waals surface area contributed by atoms with Crippen molar-refractivity contribution in [3.05, 3.63) is 59.7 Å². The fourth-order valence-electron chi connectivity index (χ4n) is 2.12. The average Bonchev–Trinajstić information content (AvgIpc) is 2.48. The fourth-order valence-corrected chi connectivity index (χ4v) is 3.47. The van der Waals surface area contributed by atoms with E-state index < -0.39 is 21.9 Å². The lowest BCUT2D eigenvalue weighted by molar-refractivity contribution is -0.274. The van der Waals surface area contributed by atoms with E-state index in [-0.39, 0.29) is 23.1 Å². The molecule has 9 heteroatoms. The van der Waals surface area contributed by atoms with Gasteiger partial charge >= 0.3 is 6.36 Å². The zero-order valence-electron chi connectivity index (χ0n) is 13.0. The molecule has 0 aromatic heterocycles. The molecule has 0 aliphatic heterocycles. The summed E-state index contributed by atoms with van der Waals surface area (Å²) in [7, 11) is -3.66. The highest BCUT2D eigenvalue weighted by Gasteiger charge is 2.31. The van der Waals surface area contributed by atoms with E-state index in [1.165, 1.54) is 0 Å². The normalized spacial score (nSPS) is 11.7. The Morgan fingerprint density at radius 2 is 1.44 bits per heavy atom. The lowest BCUT2D eigenvalue weighted by Crippen LogP contribution is -2.17. The molecule has 2 aromatic rings. The molecule has 0 aliphatic rings. The van der Waals surface area contributed by atoms with Gasteiger partial charge in [-0.15, -0.1) is 25.6 Å². The number of nitrogens with two attached hydrogens (primary N) is 1. The molecule has 4 nitrogen and oxygen atoms in total. The molecule has 0 radical (unpaired) electrons. The second kappa shape index (κ2) is 8.55. The first-order valence-corrected chi connectivity index (χ1v) is 8.71. The summed E-state index contributed by atoms with van der Waals surface area (Å²) in [5.74, 6) is -0.706. The van der Waals surface area contributed by atoms with Crippen molar-refractivity contribution in [1.29, 1.82) is 0 Å². The molecule has 0 saturated carbocycles. The van der Waals surface area contributed by atoms with Gasteiger partial charge in [0.2, 0.25) is 0 Å². The summed E-state index contributed by atoms with van der Waals surface area (Å²) >= 11 is 0. The van der Waals surface area contributed by atoms with Crippen LogP contribution in [0.3, 0.4) is 0 Å². The maximum absolute atomic E-state index is 12.3. The molecule has 0 bridgehead atoms. The van der Waals surface area contributed by atoms with E-state index in [9.17, 15) is 21.6 Å². The predicted molar refractivity (Wildman–Crippen MR) is 90.5 cm³/mol. The number of alkyl halides is 3. The Bertz CT molecular complexity index is 776. The molecule has 0 saturated heterocycles. The summed E-state index contributed by atoms with van der Waals surface area (Å²) in [6.45, 7) is 0.504. The molecular formula is C16H17ClF3NO3S. The molecule has 0 unspecified atom stereocenters. The third-order valence-electron chi connectivity index (χ3n) is 3.23. The standard InChI is InChI=1S/C16H16F3NO3S.ClH/c17-16(18,19)23-14-5-7-15(8-6-14)24(21,22)11-13-3-1-12(2-4-13)9-10-20;/h1-8H,9-11,20H2;1H. The second-order valence-electron chi connectivity index (χ2n) is 5.13. The minimum Gasteiger partial charge on any atom is -0.406 e. The smallest absolute Gasteiger partial charge is 0.406 e.